The topological polar surface area (TPSA) is 102 Å². The Hall–Kier alpha value is -2.22. The van der Waals surface area contributed by atoms with Gasteiger partial charge in [0.05, 0.1) is 21.3 Å². The highest BCUT2D eigenvalue weighted by Gasteiger charge is 2.16. The van der Waals surface area contributed by atoms with Gasteiger partial charge in [-0.05, 0) is 24.5 Å². The zero-order chi connectivity index (χ0) is 18.1. The Morgan fingerprint density at radius 1 is 1.21 bits per heavy atom. The van der Waals surface area contributed by atoms with E-state index in [9.17, 15) is 18.6 Å². The average molecular weight is 354 g/mol. The third-order valence-corrected chi connectivity index (χ3v) is 3.99. The zero-order valence-corrected chi connectivity index (χ0v) is 14.8. The van der Waals surface area contributed by atoms with E-state index in [0.717, 1.165) is 6.42 Å². The quantitative estimate of drug-likeness (QED) is 0.722. The summed E-state index contributed by atoms with van der Waals surface area (Å²) >= 11 is 0. The zero-order valence-electron chi connectivity index (χ0n) is 14.0. The predicted molar refractivity (Wildman–Crippen MR) is 90.1 cm³/mol. The molecule has 0 saturated carbocycles. The van der Waals surface area contributed by atoms with Crippen LogP contribution in [0.5, 0.6) is 0 Å². The predicted octanol–water partition coefficient (Wildman–Crippen LogP) is 1.45. The van der Waals surface area contributed by atoms with Gasteiger partial charge in [-0.1, -0.05) is 26.0 Å². The molecule has 1 aromatic rings. The minimum absolute atomic E-state index is 0.132. The van der Waals surface area contributed by atoms with Crippen LogP contribution in [0.3, 0.4) is 0 Å². The van der Waals surface area contributed by atoms with Crippen molar-refractivity contribution in [1.29, 1.82) is 0 Å². The third-order valence-electron chi connectivity index (χ3n) is 3.01. The number of ether oxygens (including phenoxy) is 1. The van der Waals surface area contributed by atoms with E-state index < -0.39 is 35.3 Å². The fraction of sp³-hybridized carbons (Fsp3) is 0.438. The number of esters is 1. The summed E-state index contributed by atoms with van der Waals surface area (Å²) in [6.07, 6.45) is 2.24. The Bertz CT molecular complexity index is 631. The molecule has 3 amide bonds. The molecule has 7 nitrogen and oxygen atoms in total. The van der Waals surface area contributed by atoms with Crippen LogP contribution in [-0.2, 0) is 20.3 Å². The van der Waals surface area contributed by atoms with Crippen molar-refractivity contribution in [2.45, 2.75) is 25.2 Å². The first-order chi connectivity index (χ1) is 11.3. The second-order valence-corrected chi connectivity index (χ2v) is 6.86. The molecule has 132 valence electrons. The molecular weight excluding hydrogens is 332 g/mol. The monoisotopic (exact) mass is 354 g/mol. The van der Waals surface area contributed by atoms with Crippen LogP contribution in [0, 0.1) is 5.92 Å². The molecule has 24 heavy (non-hydrogen) atoms. The van der Waals surface area contributed by atoms with Crippen LogP contribution >= 0.6 is 0 Å². The number of rotatable bonds is 7. The van der Waals surface area contributed by atoms with E-state index in [0.29, 0.717) is 17.4 Å². The molecule has 2 N–H and O–H groups in total. The molecular formula is C16H22N2O5S. The molecule has 0 aliphatic rings. The smallest absolute Gasteiger partial charge is 0.339 e. The number of hydrogen-bond acceptors (Lipinski definition) is 5. The first-order valence-electron chi connectivity index (χ1n) is 7.48. The van der Waals surface area contributed by atoms with E-state index in [1.165, 1.54) is 12.3 Å². The molecule has 0 heterocycles. The first-order valence-corrected chi connectivity index (χ1v) is 9.04. The highest BCUT2D eigenvalue weighted by molar-refractivity contribution is 7.84. The number of hydrogen-bond donors (Lipinski definition) is 2. The van der Waals surface area contributed by atoms with Gasteiger partial charge in [0, 0.05) is 12.8 Å². The maximum atomic E-state index is 12.0. The lowest BCUT2D eigenvalue weighted by molar-refractivity contribution is -0.123. The largest absolute Gasteiger partial charge is 0.452 e. The molecule has 0 radical (unpaired) electrons. The minimum Gasteiger partial charge on any atom is -0.452 e. The van der Waals surface area contributed by atoms with Crippen LogP contribution in [0.15, 0.2) is 29.2 Å². The highest BCUT2D eigenvalue weighted by Crippen LogP contribution is 2.13. The summed E-state index contributed by atoms with van der Waals surface area (Å²) in [5.41, 5.74) is 0.132. The Labute approximate surface area is 143 Å². The summed E-state index contributed by atoms with van der Waals surface area (Å²) in [6.45, 7) is 3.89. The van der Waals surface area contributed by atoms with Gasteiger partial charge < -0.3 is 10.1 Å². The maximum Gasteiger partial charge on any atom is 0.339 e. The fourth-order valence-corrected chi connectivity index (χ4v) is 2.51. The van der Waals surface area contributed by atoms with Crippen molar-refractivity contribution < 1.29 is 23.3 Å². The second-order valence-electron chi connectivity index (χ2n) is 5.51. The number of nitrogens with one attached hydrogen (secondary N) is 2. The molecule has 0 saturated heterocycles. The van der Waals surface area contributed by atoms with Crippen LogP contribution in [0.1, 0.15) is 30.6 Å². The summed E-state index contributed by atoms with van der Waals surface area (Å²) < 4.78 is 16.4. The molecule has 0 aliphatic carbocycles. The molecule has 1 atom stereocenters. The second kappa shape index (κ2) is 9.82. The SMILES string of the molecule is CC(C)CCNC(=O)NC(=O)COC(=O)c1ccccc1[S@](C)=O. The highest BCUT2D eigenvalue weighted by atomic mass is 32.2. The van der Waals surface area contributed by atoms with Gasteiger partial charge in [-0.15, -0.1) is 0 Å². The Kier molecular flexibility index (Phi) is 8.11. The van der Waals surface area contributed by atoms with Gasteiger partial charge in [0.15, 0.2) is 6.61 Å². The van der Waals surface area contributed by atoms with Crippen molar-refractivity contribution in [2.75, 3.05) is 19.4 Å². The Morgan fingerprint density at radius 2 is 1.88 bits per heavy atom. The normalized spacial score (nSPS) is 11.7. The first kappa shape index (κ1) is 19.8. The number of carbonyl (C=O) groups is 3. The van der Waals surface area contributed by atoms with Crippen LogP contribution in [0.4, 0.5) is 4.79 Å². The maximum absolute atomic E-state index is 12.0. The van der Waals surface area contributed by atoms with Gasteiger partial charge in [0.25, 0.3) is 5.91 Å². The van der Waals surface area contributed by atoms with Gasteiger partial charge in [-0.2, -0.15) is 0 Å². The molecule has 0 aliphatic heterocycles. The van der Waals surface area contributed by atoms with Crippen LogP contribution in [-0.4, -0.2) is 41.5 Å². The van der Waals surface area contributed by atoms with Crippen molar-refractivity contribution in [2.24, 2.45) is 5.92 Å². The molecule has 0 aromatic heterocycles. The van der Waals surface area contributed by atoms with Crippen molar-refractivity contribution in [1.82, 2.24) is 10.6 Å². The summed E-state index contributed by atoms with van der Waals surface area (Å²) in [7, 11) is -1.36. The Morgan fingerprint density at radius 3 is 2.50 bits per heavy atom. The lowest BCUT2D eigenvalue weighted by Gasteiger charge is -2.09. The number of carbonyl (C=O) groups excluding carboxylic acids is 3. The van der Waals surface area contributed by atoms with Gasteiger partial charge in [0.1, 0.15) is 0 Å². The summed E-state index contributed by atoms with van der Waals surface area (Å²) in [4.78, 5) is 35.4. The lowest BCUT2D eigenvalue weighted by Crippen LogP contribution is -2.42. The van der Waals surface area contributed by atoms with E-state index in [4.69, 9.17) is 4.74 Å². The molecule has 8 heteroatoms. The number of amides is 3. The molecule has 0 spiro atoms. The molecule has 1 aromatic carbocycles. The van der Waals surface area contributed by atoms with Crippen LogP contribution in [0.25, 0.3) is 0 Å². The number of urea groups is 1. The fourth-order valence-electron chi connectivity index (χ4n) is 1.78. The van der Waals surface area contributed by atoms with Crippen LogP contribution < -0.4 is 10.6 Å². The van der Waals surface area contributed by atoms with Crippen LogP contribution in [0.2, 0.25) is 0 Å². The van der Waals surface area contributed by atoms with Gasteiger partial charge in [-0.25, -0.2) is 9.59 Å². The number of benzene rings is 1. The van der Waals surface area contributed by atoms with Crippen molar-refractivity contribution in [3.05, 3.63) is 29.8 Å². The lowest BCUT2D eigenvalue weighted by atomic mass is 10.1. The van der Waals surface area contributed by atoms with Gasteiger partial charge in [0.2, 0.25) is 0 Å². The number of imide groups is 1. The van der Waals surface area contributed by atoms with Crippen molar-refractivity contribution >= 4 is 28.7 Å². The standard InChI is InChI=1S/C16H22N2O5S/c1-11(2)8-9-17-16(21)18-14(19)10-23-15(20)12-6-4-5-7-13(12)24(3)22/h4-7,11H,8-10H2,1-3H3,(H2,17,18,19,21)/t24-/m0/s1. The Balaban J connectivity index is 2.46. The van der Waals surface area contributed by atoms with E-state index >= 15 is 0 Å². The van der Waals surface area contributed by atoms with Crippen molar-refractivity contribution in [3.63, 3.8) is 0 Å². The van der Waals surface area contributed by atoms with E-state index in [2.05, 4.69) is 10.6 Å². The molecule has 0 bridgehead atoms. The molecule has 0 unspecified atom stereocenters. The van der Waals surface area contributed by atoms with Gasteiger partial charge >= 0.3 is 12.0 Å². The van der Waals surface area contributed by atoms with Crippen molar-refractivity contribution in [3.8, 4) is 0 Å². The third kappa shape index (κ3) is 6.91. The molecule has 0 fully saturated rings. The van der Waals surface area contributed by atoms with Gasteiger partial charge in [-0.3, -0.25) is 14.3 Å². The molecule has 1 rings (SSSR count). The summed E-state index contributed by atoms with van der Waals surface area (Å²) in [6, 6.07) is 5.65. The summed E-state index contributed by atoms with van der Waals surface area (Å²) in [5.74, 6) is -1.07. The van der Waals surface area contributed by atoms with E-state index in [1.54, 1.807) is 18.2 Å². The minimum atomic E-state index is -1.36. The summed E-state index contributed by atoms with van der Waals surface area (Å²) in [5, 5.41) is 4.61. The van der Waals surface area contributed by atoms with E-state index in [-0.39, 0.29) is 5.56 Å². The van der Waals surface area contributed by atoms with E-state index in [1.807, 2.05) is 13.8 Å². The average Bonchev–Trinajstić information content (AvgIpc) is 2.52.